The average molecular weight is 901 g/mol. The van der Waals surface area contributed by atoms with Crippen LogP contribution in [0, 0.1) is 0 Å². The van der Waals surface area contributed by atoms with Crippen LogP contribution in [0.4, 0.5) is 0 Å². The monoisotopic (exact) mass is 900 g/mol. The normalized spacial score (nSPS) is 13.4. The number of nitrogens with one attached hydrogen (secondary N) is 1. The lowest BCUT2D eigenvalue weighted by Crippen LogP contribution is -2.46. The molecule has 0 heterocycles. The highest BCUT2D eigenvalue weighted by Gasteiger charge is 2.24. The Morgan fingerprint density at radius 1 is 0.469 bits per heavy atom. The Bertz CT molecular complexity index is 1060. The van der Waals surface area contributed by atoms with Crippen LogP contribution in [0.15, 0.2) is 36.5 Å². The van der Waals surface area contributed by atoms with Gasteiger partial charge in [0.25, 0.3) is 0 Å². The van der Waals surface area contributed by atoms with E-state index in [4.69, 9.17) is 4.74 Å². The molecule has 0 bridgehead atoms. The van der Waals surface area contributed by atoms with Crippen molar-refractivity contribution in [3.8, 4) is 0 Å². The molecule has 3 unspecified atom stereocenters. The molecule has 0 rings (SSSR count). The van der Waals surface area contributed by atoms with Crippen LogP contribution in [-0.2, 0) is 14.3 Å². The first-order valence-electron chi connectivity index (χ1n) is 28.2. The van der Waals surface area contributed by atoms with Gasteiger partial charge in [-0.3, -0.25) is 9.59 Å². The molecule has 0 aliphatic rings. The zero-order valence-corrected chi connectivity index (χ0v) is 42.9. The maximum Gasteiger partial charge on any atom is 0.306 e. The van der Waals surface area contributed by atoms with E-state index in [-0.39, 0.29) is 24.9 Å². The number of hydrogen-bond acceptors (Lipinski definition) is 5. The molecule has 0 aromatic rings. The van der Waals surface area contributed by atoms with Crippen LogP contribution in [-0.4, -0.2) is 46.9 Å². The molecule has 0 aromatic carbocycles. The summed E-state index contributed by atoms with van der Waals surface area (Å²) < 4.78 is 5.93. The summed E-state index contributed by atoms with van der Waals surface area (Å²) in [5.41, 5.74) is 0. The molecule has 6 nitrogen and oxygen atoms in total. The number of unbranched alkanes of at least 4 members (excludes halogenated alkanes) is 35. The smallest absolute Gasteiger partial charge is 0.306 e. The van der Waals surface area contributed by atoms with E-state index in [0.29, 0.717) is 19.3 Å². The van der Waals surface area contributed by atoms with Crippen LogP contribution in [0.1, 0.15) is 297 Å². The number of aliphatic hydroxyl groups is 2. The Hall–Kier alpha value is -1.92. The van der Waals surface area contributed by atoms with Crippen molar-refractivity contribution in [1.82, 2.24) is 5.32 Å². The van der Waals surface area contributed by atoms with E-state index < -0.39 is 18.2 Å². The molecule has 0 saturated carbocycles. The SMILES string of the molecule is CC/C=C/C=C/C=C\CCCCCC(CC(=O)NC(CO)C(O)CCCCCCCCCCCCCCCCCC)OC(=O)CCCCCCCCCCCCCCCCCCCC. The molecule has 0 spiro atoms. The summed E-state index contributed by atoms with van der Waals surface area (Å²) in [6, 6.07) is -0.710. The fraction of sp³-hybridized carbons (Fsp3) is 0.862. The summed E-state index contributed by atoms with van der Waals surface area (Å²) in [6.07, 6.45) is 62.2. The van der Waals surface area contributed by atoms with Crippen molar-refractivity contribution in [2.45, 2.75) is 315 Å². The minimum atomic E-state index is -0.795. The second-order valence-electron chi connectivity index (χ2n) is 19.4. The van der Waals surface area contributed by atoms with Gasteiger partial charge in [0.05, 0.1) is 25.2 Å². The number of carbonyl (C=O) groups excluding carboxylic acids is 2. The van der Waals surface area contributed by atoms with Gasteiger partial charge in [0.15, 0.2) is 0 Å². The first-order chi connectivity index (χ1) is 31.5. The molecule has 64 heavy (non-hydrogen) atoms. The number of aliphatic hydroxyl groups excluding tert-OH is 2. The largest absolute Gasteiger partial charge is 0.462 e. The molecule has 0 aliphatic heterocycles. The van der Waals surface area contributed by atoms with Crippen LogP contribution in [0.5, 0.6) is 0 Å². The van der Waals surface area contributed by atoms with Crippen LogP contribution in [0.25, 0.3) is 0 Å². The second-order valence-corrected chi connectivity index (χ2v) is 19.4. The molecule has 3 N–H and O–H groups in total. The first-order valence-corrected chi connectivity index (χ1v) is 28.2. The van der Waals surface area contributed by atoms with Gasteiger partial charge >= 0.3 is 5.97 Å². The van der Waals surface area contributed by atoms with Gasteiger partial charge in [-0.05, 0) is 44.9 Å². The first kappa shape index (κ1) is 62.1. The van der Waals surface area contributed by atoms with E-state index in [1.165, 1.54) is 180 Å². The number of carbonyl (C=O) groups is 2. The van der Waals surface area contributed by atoms with Gasteiger partial charge in [0.1, 0.15) is 6.10 Å². The third kappa shape index (κ3) is 46.6. The van der Waals surface area contributed by atoms with E-state index in [0.717, 1.165) is 70.6 Å². The maximum absolute atomic E-state index is 13.2. The zero-order chi connectivity index (χ0) is 46.7. The lowest BCUT2D eigenvalue weighted by molar-refractivity contribution is -0.151. The summed E-state index contributed by atoms with van der Waals surface area (Å²) in [5.74, 6) is -0.494. The average Bonchev–Trinajstić information content (AvgIpc) is 3.29. The quantitative estimate of drug-likeness (QED) is 0.0321. The fourth-order valence-corrected chi connectivity index (χ4v) is 8.79. The van der Waals surface area contributed by atoms with E-state index in [1.807, 2.05) is 6.08 Å². The summed E-state index contributed by atoms with van der Waals surface area (Å²) in [5, 5.41) is 23.8. The summed E-state index contributed by atoms with van der Waals surface area (Å²) >= 11 is 0. The molecule has 0 aromatic heterocycles. The Labute approximate surface area is 398 Å². The van der Waals surface area contributed by atoms with Crippen molar-refractivity contribution < 1.29 is 24.5 Å². The number of amides is 1. The Morgan fingerprint density at radius 2 is 0.844 bits per heavy atom. The summed E-state index contributed by atoms with van der Waals surface area (Å²) in [4.78, 5) is 26.2. The van der Waals surface area contributed by atoms with Gasteiger partial charge in [-0.25, -0.2) is 0 Å². The highest BCUT2D eigenvalue weighted by atomic mass is 16.5. The van der Waals surface area contributed by atoms with E-state index in [1.54, 1.807) is 0 Å². The van der Waals surface area contributed by atoms with Gasteiger partial charge in [0, 0.05) is 6.42 Å². The third-order valence-electron chi connectivity index (χ3n) is 13.0. The van der Waals surface area contributed by atoms with E-state index in [9.17, 15) is 19.8 Å². The molecule has 3 atom stereocenters. The summed E-state index contributed by atoms with van der Waals surface area (Å²) in [7, 11) is 0. The second kappa shape index (κ2) is 52.1. The molecule has 0 fully saturated rings. The molecule has 6 heteroatoms. The Balaban J connectivity index is 4.45. The third-order valence-corrected chi connectivity index (χ3v) is 13.0. The molecule has 0 radical (unpaired) electrons. The minimum absolute atomic E-state index is 0.0586. The standard InChI is InChI=1S/C58H109NO5/c1-4-7-10-13-16-19-22-24-26-28-29-31-33-36-39-42-45-48-51-58(63)64-54(49-46-43-40-37-34-21-18-15-12-9-6-3)52-57(62)59-55(53-60)56(61)50-47-44-41-38-35-32-30-27-25-23-20-17-14-11-8-5-2/h9,12,15,18,21,34,54-56,60-61H,4-8,10-11,13-14,16-17,19-20,22-33,35-53H2,1-3H3,(H,59,62)/b12-9+,18-15+,34-21-. The van der Waals surface area contributed by atoms with Crippen molar-refractivity contribution in [3.63, 3.8) is 0 Å². The Kier molecular flexibility index (Phi) is 50.5. The predicted octanol–water partition coefficient (Wildman–Crippen LogP) is 17.2. The van der Waals surface area contributed by atoms with Crippen LogP contribution >= 0.6 is 0 Å². The predicted molar refractivity (Wildman–Crippen MR) is 278 cm³/mol. The molecule has 376 valence electrons. The molecule has 0 aliphatic carbocycles. The maximum atomic E-state index is 13.2. The van der Waals surface area contributed by atoms with Crippen LogP contribution in [0.2, 0.25) is 0 Å². The molecule has 0 saturated heterocycles. The molecular weight excluding hydrogens is 791 g/mol. The van der Waals surface area contributed by atoms with Crippen molar-refractivity contribution in [1.29, 1.82) is 0 Å². The molecule has 1 amide bonds. The Morgan fingerprint density at radius 3 is 1.27 bits per heavy atom. The summed E-state index contributed by atoms with van der Waals surface area (Å²) in [6.45, 7) is 6.37. The lowest BCUT2D eigenvalue weighted by atomic mass is 10.0. The minimum Gasteiger partial charge on any atom is -0.462 e. The van der Waals surface area contributed by atoms with Gasteiger partial charge in [-0.2, -0.15) is 0 Å². The van der Waals surface area contributed by atoms with Crippen molar-refractivity contribution in [2.24, 2.45) is 0 Å². The van der Waals surface area contributed by atoms with Crippen molar-refractivity contribution in [3.05, 3.63) is 36.5 Å². The number of rotatable bonds is 51. The lowest BCUT2D eigenvalue weighted by Gasteiger charge is -2.24. The van der Waals surface area contributed by atoms with Crippen LogP contribution in [0.3, 0.4) is 0 Å². The fourth-order valence-electron chi connectivity index (χ4n) is 8.79. The number of ether oxygens (including phenoxy) is 1. The highest BCUT2D eigenvalue weighted by molar-refractivity contribution is 5.77. The van der Waals surface area contributed by atoms with Gasteiger partial charge in [0.2, 0.25) is 5.91 Å². The number of hydrogen-bond donors (Lipinski definition) is 3. The number of allylic oxidation sites excluding steroid dienone is 6. The van der Waals surface area contributed by atoms with Gasteiger partial charge in [-0.15, -0.1) is 0 Å². The van der Waals surface area contributed by atoms with Gasteiger partial charge in [-0.1, -0.05) is 276 Å². The molecular formula is C58H109NO5. The van der Waals surface area contributed by atoms with Gasteiger partial charge < -0.3 is 20.3 Å². The zero-order valence-electron chi connectivity index (χ0n) is 42.9. The van der Waals surface area contributed by atoms with Crippen molar-refractivity contribution in [2.75, 3.05) is 6.61 Å². The number of esters is 1. The van der Waals surface area contributed by atoms with E-state index in [2.05, 4.69) is 56.5 Å². The van der Waals surface area contributed by atoms with Crippen LogP contribution < -0.4 is 5.32 Å². The topological polar surface area (TPSA) is 95.9 Å². The highest BCUT2D eigenvalue weighted by Crippen LogP contribution is 2.19. The van der Waals surface area contributed by atoms with E-state index >= 15 is 0 Å². The van der Waals surface area contributed by atoms with Crippen molar-refractivity contribution >= 4 is 11.9 Å².